The van der Waals surface area contributed by atoms with Crippen LogP contribution in [-0.4, -0.2) is 108 Å². The van der Waals surface area contributed by atoms with Crippen molar-refractivity contribution in [3.05, 3.63) is 0 Å². The van der Waals surface area contributed by atoms with Crippen LogP contribution < -0.4 is 10.6 Å². The van der Waals surface area contributed by atoms with Gasteiger partial charge in [0.05, 0.1) is 0 Å². The second-order valence-corrected chi connectivity index (χ2v) is 21.3. The Hall–Kier alpha value is 0.173. The van der Waals surface area contributed by atoms with E-state index in [-0.39, 0.29) is 11.8 Å². The maximum atomic E-state index is 12.2. The van der Waals surface area contributed by atoms with Crippen molar-refractivity contribution < 1.29 is 36.1 Å². The van der Waals surface area contributed by atoms with Crippen LogP contribution in [0.3, 0.4) is 0 Å². The molecule has 0 aromatic heterocycles. The first-order chi connectivity index (χ1) is 18.4. The monoisotopic (exact) mass is 712 g/mol. The molecular weight excluding hydrogens is 658 g/mol. The van der Waals surface area contributed by atoms with Gasteiger partial charge in [-0.05, 0) is 0 Å². The van der Waals surface area contributed by atoms with Gasteiger partial charge in [0.15, 0.2) is 0 Å². The maximum absolute atomic E-state index is 12.2. The van der Waals surface area contributed by atoms with Gasteiger partial charge in [-0.1, -0.05) is 0 Å². The molecule has 0 unspecified atom stereocenters. The molecule has 0 fully saturated rings. The van der Waals surface area contributed by atoms with E-state index in [1.165, 1.54) is 0 Å². The van der Waals surface area contributed by atoms with Crippen LogP contribution in [0.4, 0.5) is 0 Å². The fourth-order valence-electron chi connectivity index (χ4n) is 3.63. The van der Waals surface area contributed by atoms with Gasteiger partial charge in [-0.15, -0.1) is 0 Å². The van der Waals surface area contributed by atoms with Crippen LogP contribution >= 0.6 is 0 Å². The zero-order valence-electron chi connectivity index (χ0n) is 24.4. The normalized spacial score (nSPS) is 12.1. The van der Waals surface area contributed by atoms with E-state index in [2.05, 4.69) is 10.6 Å². The molecule has 0 aliphatic carbocycles. The van der Waals surface area contributed by atoms with Gasteiger partial charge in [0, 0.05) is 0 Å². The van der Waals surface area contributed by atoms with Crippen molar-refractivity contribution >= 4 is 55.7 Å². The average molecular weight is 711 g/mol. The first kappa shape index (κ1) is 38.2. The number of hydrogen-bond donors (Lipinski definition) is 2. The van der Waals surface area contributed by atoms with Gasteiger partial charge in [-0.2, -0.15) is 0 Å². The van der Waals surface area contributed by atoms with E-state index >= 15 is 0 Å². The van der Waals surface area contributed by atoms with Crippen molar-refractivity contribution in [2.45, 2.75) is 90.0 Å². The topological polar surface area (TPSA) is 114 Å². The Morgan fingerprint density at radius 1 is 0.553 bits per heavy atom. The number of rotatable bonds is 27. The molecule has 2 amide bonds. The number of carbonyl (C=O) groups excluding carboxylic acids is 2. The van der Waals surface area contributed by atoms with Crippen LogP contribution in [0, 0.1) is 0 Å². The van der Waals surface area contributed by atoms with Gasteiger partial charge in [-0.25, -0.2) is 0 Å². The third-order valence-electron chi connectivity index (χ3n) is 5.06. The van der Waals surface area contributed by atoms with E-state index < -0.39 is 17.6 Å². The molecule has 226 valence electrons. The molecule has 2 N–H and O–H groups in total. The third kappa shape index (κ3) is 18.5. The minimum atomic E-state index is -2.64. The zero-order valence-corrected chi connectivity index (χ0v) is 29.8. The molecule has 0 atom stereocenters. The predicted octanol–water partition coefficient (Wildman–Crippen LogP) is 3.04. The number of carbonyl (C=O) groups is 2. The Morgan fingerprint density at radius 3 is 1.11 bits per heavy atom. The van der Waals surface area contributed by atoms with Gasteiger partial charge >= 0.3 is 245 Å². The van der Waals surface area contributed by atoms with Crippen LogP contribution in [0.5, 0.6) is 0 Å². The molecule has 38 heavy (non-hydrogen) atoms. The van der Waals surface area contributed by atoms with E-state index in [1.807, 2.05) is 41.5 Å². The summed E-state index contributed by atoms with van der Waals surface area (Å²) in [5.41, 5.74) is 0. The Morgan fingerprint density at radius 2 is 0.842 bits per heavy atom. The average Bonchev–Trinajstić information content (AvgIpc) is 2.87. The second-order valence-electron chi connectivity index (χ2n) is 8.02. The fourth-order valence-corrected chi connectivity index (χ4v) is 14.9. The second kappa shape index (κ2) is 24.9. The van der Waals surface area contributed by atoms with Crippen molar-refractivity contribution in [3.8, 4) is 0 Å². The van der Waals surface area contributed by atoms with Gasteiger partial charge in [0.25, 0.3) is 0 Å². The van der Waals surface area contributed by atoms with Crippen LogP contribution in [-0.2, 0) is 36.1 Å². The standard InChI is InChI=1S/C24H52N2O8Se2Si2/c1-7-29-37(30-8-2,31-9-3)21-13-17-25-23(27)15-19-35-36-20-16-24(28)26-18-14-22-38(32-10-4,33-11-5)34-12-6/h7-22H2,1-6H3,(H,25,27)(H,26,28). The van der Waals surface area contributed by atoms with Gasteiger partial charge in [-0.3, -0.25) is 0 Å². The molecule has 10 nitrogen and oxygen atoms in total. The van der Waals surface area contributed by atoms with Crippen LogP contribution in [0.2, 0.25) is 22.7 Å². The number of hydrogen-bond acceptors (Lipinski definition) is 8. The Kier molecular flexibility index (Phi) is 25.0. The Labute approximate surface area is 244 Å². The molecule has 0 aliphatic rings. The molecule has 0 saturated heterocycles. The zero-order chi connectivity index (χ0) is 28.5. The Bertz CT molecular complexity index is 528. The van der Waals surface area contributed by atoms with Crippen molar-refractivity contribution in [3.63, 3.8) is 0 Å². The van der Waals surface area contributed by atoms with E-state index in [9.17, 15) is 9.59 Å². The predicted molar refractivity (Wildman–Crippen MR) is 156 cm³/mol. The van der Waals surface area contributed by atoms with Crippen LogP contribution in [0.15, 0.2) is 0 Å². The Balaban J connectivity index is 3.96. The van der Waals surface area contributed by atoms with Crippen LogP contribution in [0.1, 0.15) is 67.2 Å². The molecule has 0 radical (unpaired) electrons. The number of nitrogens with one attached hydrogen (secondary N) is 2. The van der Waals surface area contributed by atoms with Crippen LogP contribution in [0.25, 0.3) is 0 Å². The summed E-state index contributed by atoms with van der Waals surface area (Å²) < 4.78 is 35.1. The summed E-state index contributed by atoms with van der Waals surface area (Å²) in [6.07, 6.45) is 2.64. The summed E-state index contributed by atoms with van der Waals surface area (Å²) in [5, 5.41) is 7.82. The molecule has 0 heterocycles. The fraction of sp³-hybridized carbons (Fsp3) is 0.917. The summed E-state index contributed by atoms with van der Waals surface area (Å²) >= 11 is 0.840. The quantitative estimate of drug-likeness (QED) is 0.0989. The molecular formula is C24H52N2O8Se2Si2. The summed E-state index contributed by atoms with van der Waals surface area (Å²) in [7, 11) is -5.28. The van der Waals surface area contributed by atoms with Crippen molar-refractivity contribution in [1.29, 1.82) is 0 Å². The molecule has 0 spiro atoms. The van der Waals surface area contributed by atoms with E-state index in [1.54, 1.807) is 0 Å². The molecule has 0 aliphatic heterocycles. The summed E-state index contributed by atoms with van der Waals surface area (Å²) in [6.45, 7) is 16.2. The van der Waals surface area contributed by atoms with Crippen molar-refractivity contribution in [2.75, 3.05) is 52.7 Å². The van der Waals surface area contributed by atoms with Crippen molar-refractivity contribution in [2.24, 2.45) is 0 Å². The van der Waals surface area contributed by atoms with Gasteiger partial charge in [0.1, 0.15) is 0 Å². The number of amides is 2. The third-order valence-corrected chi connectivity index (χ3v) is 18.7. The van der Waals surface area contributed by atoms with E-state index in [0.29, 0.717) is 104 Å². The summed E-state index contributed by atoms with van der Waals surface area (Å²) in [4.78, 5) is 24.3. The molecule has 0 aromatic rings. The van der Waals surface area contributed by atoms with Gasteiger partial charge in [0.2, 0.25) is 0 Å². The van der Waals surface area contributed by atoms with Gasteiger partial charge < -0.3 is 0 Å². The summed E-state index contributed by atoms with van der Waals surface area (Å²) in [5.74, 6) is 0.172. The SMILES string of the molecule is CCO[Si](CCCNC(=O)CC[Se][Se]CCC(=O)NCCC[Si](OCC)(OCC)OCC)(OCC)OCC. The molecule has 0 bridgehead atoms. The first-order valence-corrected chi connectivity index (χ1v) is 24.6. The molecule has 14 heteroatoms. The summed E-state index contributed by atoms with van der Waals surface area (Å²) in [6, 6.07) is 1.40. The van der Waals surface area contributed by atoms with Crippen molar-refractivity contribution in [1.82, 2.24) is 10.6 Å². The molecule has 0 aromatic carbocycles. The molecule has 0 saturated carbocycles. The minimum absolute atomic E-state index is 0.0858. The molecule has 0 rings (SSSR count). The first-order valence-electron chi connectivity index (χ1n) is 14.0. The van der Waals surface area contributed by atoms with E-state index in [4.69, 9.17) is 26.6 Å². The van der Waals surface area contributed by atoms with E-state index in [0.717, 1.165) is 23.5 Å².